The van der Waals surface area contributed by atoms with E-state index in [9.17, 15) is 5.11 Å². The molecule has 1 heterocycles. The smallest absolute Gasteiger partial charge is 0.194 e. The number of hydrogen-bond acceptors (Lipinski definition) is 2. The number of nitrogens with zero attached hydrogens (tertiary/aromatic N) is 2. The van der Waals surface area contributed by atoms with Crippen LogP contribution in [0.15, 0.2) is 29.3 Å². The molecular weight excluding hydrogens is 401 g/mol. The maximum absolute atomic E-state index is 9.43. The van der Waals surface area contributed by atoms with Crippen molar-refractivity contribution in [3.63, 3.8) is 0 Å². The fourth-order valence-electron chi connectivity index (χ4n) is 3.65. The molecule has 2 fully saturated rings. The summed E-state index contributed by atoms with van der Waals surface area (Å²) < 4.78 is 0. The highest BCUT2D eigenvalue weighted by molar-refractivity contribution is 14.0. The molecule has 1 spiro atoms. The van der Waals surface area contributed by atoms with Crippen LogP contribution in [0.1, 0.15) is 43.7 Å². The van der Waals surface area contributed by atoms with Crippen LogP contribution < -0.4 is 5.32 Å². The lowest BCUT2D eigenvalue weighted by Crippen LogP contribution is -2.42. The van der Waals surface area contributed by atoms with Crippen molar-refractivity contribution >= 4 is 29.9 Å². The van der Waals surface area contributed by atoms with Gasteiger partial charge in [-0.3, -0.25) is 0 Å². The fraction of sp³-hybridized carbons (Fsp3) is 0.611. The number of hydrogen-bond donors (Lipinski definition) is 2. The Hall–Kier alpha value is -0.820. The summed E-state index contributed by atoms with van der Waals surface area (Å²) in [6.07, 6.45) is 5.47. The average molecular weight is 429 g/mol. The van der Waals surface area contributed by atoms with E-state index in [0.717, 1.165) is 36.7 Å². The zero-order valence-corrected chi connectivity index (χ0v) is 16.3. The second-order valence-corrected chi connectivity index (χ2v) is 6.62. The SMILES string of the molecule is CCNC(=NCc1ccccc1CO)N1CCC2(CCC2)C1.I. The fourth-order valence-corrected chi connectivity index (χ4v) is 3.65. The molecule has 23 heavy (non-hydrogen) atoms. The molecule has 128 valence electrons. The number of aliphatic imine (C=N–C) groups is 1. The molecule has 2 N–H and O–H groups in total. The molecule has 1 aliphatic carbocycles. The van der Waals surface area contributed by atoms with Gasteiger partial charge in [-0.2, -0.15) is 0 Å². The Kier molecular flexibility index (Phi) is 6.71. The van der Waals surface area contributed by atoms with Crippen LogP contribution in [0.5, 0.6) is 0 Å². The quantitative estimate of drug-likeness (QED) is 0.439. The van der Waals surface area contributed by atoms with Gasteiger partial charge < -0.3 is 15.3 Å². The van der Waals surface area contributed by atoms with Crippen molar-refractivity contribution in [2.24, 2.45) is 10.4 Å². The molecule has 5 heteroatoms. The predicted octanol–water partition coefficient (Wildman–Crippen LogP) is 3.14. The zero-order chi connectivity index (χ0) is 15.4. The largest absolute Gasteiger partial charge is 0.392 e. The van der Waals surface area contributed by atoms with Crippen molar-refractivity contribution in [2.45, 2.75) is 45.8 Å². The van der Waals surface area contributed by atoms with Crippen LogP contribution in [0.3, 0.4) is 0 Å². The molecule has 2 aliphatic rings. The van der Waals surface area contributed by atoms with Gasteiger partial charge in [0.15, 0.2) is 5.96 Å². The van der Waals surface area contributed by atoms with E-state index in [1.54, 1.807) is 0 Å². The molecule has 0 bridgehead atoms. The highest BCUT2D eigenvalue weighted by Crippen LogP contribution is 2.47. The number of halogens is 1. The molecular formula is C18H28IN3O. The van der Waals surface area contributed by atoms with Crippen molar-refractivity contribution in [3.05, 3.63) is 35.4 Å². The van der Waals surface area contributed by atoms with Crippen molar-refractivity contribution in [1.29, 1.82) is 0 Å². The molecule has 0 unspecified atom stereocenters. The van der Waals surface area contributed by atoms with E-state index in [1.807, 2.05) is 18.2 Å². The van der Waals surface area contributed by atoms with Gasteiger partial charge in [0.2, 0.25) is 0 Å². The normalized spacial score (nSPS) is 19.4. The minimum Gasteiger partial charge on any atom is -0.392 e. The Morgan fingerprint density at radius 3 is 2.57 bits per heavy atom. The summed E-state index contributed by atoms with van der Waals surface area (Å²) in [5, 5.41) is 12.9. The molecule has 3 rings (SSSR count). The lowest BCUT2D eigenvalue weighted by Gasteiger charge is -2.38. The number of benzene rings is 1. The van der Waals surface area contributed by atoms with E-state index in [-0.39, 0.29) is 30.6 Å². The van der Waals surface area contributed by atoms with Gasteiger partial charge in [-0.05, 0) is 42.7 Å². The van der Waals surface area contributed by atoms with Crippen LogP contribution in [-0.2, 0) is 13.2 Å². The Morgan fingerprint density at radius 2 is 2.00 bits per heavy atom. The van der Waals surface area contributed by atoms with E-state index in [0.29, 0.717) is 12.0 Å². The molecule has 1 aromatic carbocycles. The van der Waals surface area contributed by atoms with Gasteiger partial charge in [0.25, 0.3) is 0 Å². The highest BCUT2D eigenvalue weighted by Gasteiger charge is 2.43. The number of guanidine groups is 1. The first-order chi connectivity index (χ1) is 10.8. The molecule has 4 nitrogen and oxygen atoms in total. The van der Waals surface area contributed by atoms with E-state index in [4.69, 9.17) is 4.99 Å². The average Bonchev–Trinajstić information content (AvgIpc) is 2.97. The number of rotatable bonds is 4. The third-order valence-corrected chi connectivity index (χ3v) is 5.17. The number of aliphatic hydroxyl groups is 1. The lowest BCUT2D eigenvalue weighted by atomic mass is 9.68. The summed E-state index contributed by atoms with van der Waals surface area (Å²) in [5.74, 6) is 1.03. The van der Waals surface area contributed by atoms with E-state index < -0.39 is 0 Å². The van der Waals surface area contributed by atoms with Crippen LogP contribution >= 0.6 is 24.0 Å². The Bertz CT molecular complexity index is 543. The maximum Gasteiger partial charge on any atom is 0.194 e. The molecule has 0 aromatic heterocycles. The number of likely N-dealkylation sites (tertiary alicyclic amines) is 1. The van der Waals surface area contributed by atoms with Gasteiger partial charge >= 0.3 is 0 Å². The molecule has 1 saturated heterocycles. The van der Waals surface area contributed by atoms with Gasteiger partial charge in [-0.15, -0.1) is 24.0 Å². The standard InChI is InChI=1S/C18H27N3O.HI/c1-2-19-17(21-11-10-18(14-21)8-5-9-18)20-12-15-6-3-4-7-16(15)13-22;/h3-4,6-7,22H,2,5,8-14H2,1H3,(H,19,20);1H. The van der Waals surface area contributed by atoms with Gasteiger partial charge in [0.05, 0.1) is 13.2 Å². The summed E-state index contributed by atoms with van der Waals surface area (Å²) in [7, 11) is 0. The zero-order valence-electron chi connectivity index (χ0n) is 13.9. The second kappa shape index (κ2) is 8.33. The highest BCUT2D eigenvalue weighted by atomic mass is 127. The first-order valence-electron chi connectivity index (χ1n) is 8.47. The van der Waals surface area contributed by atoms with Crippen LogP contribution in [0.25, 0.3) is 0 Å². The second-order valence-electron chi connectivity index (χ2n) is 6.62. The van der Waals surface area contributed by atoms with Crippen molar-refractivity contribution < 1.29 is 5.11 Å². The van der Waals surface area contributed by atoms with Gasteiger partial charge in [-0.25, -0.2) is 4.99 Å². The predicted molar refractivity (Wildman–Crippen MR) is 105 cm³/mol. The lowest BCUT2D eigenvalue weighted by molar-refractivity contribution is 0.151. The van der Waals surface area contributed by atoms with Gasteiger partial charge in [-0.1, -0.05) is 30.7 Å². The molecule has 1 saturated carbocycles. The Balaban J connectivity index is 0.00000192. The first kappa shape index (κ1) is 18.5. The monoisotopic (exact) mass is 429 g/mol. The molecule has 1 aliphatic heterocycles. The first-order valence-corrected chi connectivity index (χ1v) is 8.47. The van der Waals surface area contributed by atoms with Crippen LogP contribution in [-0.4, -0.2) is 35.6 Å². The van der Waals surface area contributed by atoms with E-state index in [1.165, 1.54) is 25.7 Å². The summed E-state index contributed by atoms with van der Waals surface area (Å²) in [6.45, 7) is 5.99. The van der Waals surface area contributed by atoms with Crippen molar-refractivity contribution in [2.75, 3.05) is 19.6 Å². The summed E-state index contributed by atoms with van der Waals surface area (Å²) in [5.41, 5.74) is 2.66. The Morgan fingerprint density at radius 1 is 1.26 bits per heavy atom. The molecule has 0 radical (unpaired) electrons. The minimum absolute atomic E-state index is 0. The summed E-state index contributed by atoms with van der Waals surface area (Å²) in [4.78, 5) is 7.24. The molecule has 0 amide bonds. The minimum atomic E-state index is 0. The maximum atomic E-state index is 9.43. The third kappa shape index (κ3) is 4.18. The van der Waals surface area contributed by atoms with Gasteiger partial charge in [0.1, 0.15) is 0 Å². The topological polar surface area (TPSA) is 47.9 Å². The molecule has 0 atom stereocenters. The molecule has 1 aromatic rings. The summed E-state index contributed by atoms with van der Waals surface area (Å²) >= 11 is 0. The number of aliphatic hydroxyl groups excluding tert-OH is 1. The Labute approximate surface area is 156 Å². The van der Waals surface area contributed by atoms with E-state index in [2.05, 4.69) is 23.2 Å². The number of nitrogens with one attached hydrogen (secondary N) is 1. The summed E-state index contributed by atoms with van der Waals surface area (Å²) in [6, 6.07) is 7.99. The van der Waals surface area contributed by atoms with Crippen molar-refractivity contribution in [3.8, 4) is 0 Å². The van der Waals surface area contributed by atoms with Crippen LogP contribution in [0.2, 0.25) is 0 Å². The van der Waals surface area contributed by atoms with Gasteiger partial charge in [0, 0.05) is 19.6 Å². The van der Waals surface area contributed by atoms with Crippen molar-refractivity contribution in [1.82, 2.24) is 10.2 Å². The van der Waals surface area contributed by atoms with Crippen LogP contribution in [0.4, 0.5) is 0 Å². The van der Waals surface area contributed by atoms with Crippen LogP contribution in [0, 0.1) is 5.41 Å². The van der Waals surface area contributed by atoms with E-state index >= 15 is 0 Å². The third-order valence-electron chi connectivity index (χ3n) is 5.17.